The van der Waals surface area contributed by atoms with Crippen LogP contribution in [0.1, 0.15) is 0 Å². The lowest BCUT2D eigenvalue weighted by Gasteiger charge is -2.04. The van der Waals surface area contributed by atoms with Crippen molar-refractivity contribution < 1.29 is 4.74 Å². The van der Waals surface area contributed by atoms with Crippen LogP contribution in [0.15, 0.2) is 22.9 Å². The number of halogens is 1. The van der Waals surface area contributed by atoms with Gasteiger partial charge in [0.1, 0.15) is 0 Å². The zero-order valence-electron chi connectivity index (χ0n) is 8.77. The van der Waals surface area contributed by atoms with E-state index < -0.39 is 0 Å². The summed E-state index contributed by atoms with van der Waals surface area (Å²) in [6.45, 7) is 1.30. The molecule has 0 aliphatic heterocycles. The largest absolute Gasteiger partial charge is 0.383 e. The molecule has 0 saturated carbocycles. The minimum atomic E-state index is 0.569. The molecule has 0 spiro atoms. The van der Waals surface area contributed by atoms with Gasteiger partial charge in [-0.15, -0.1) is 0 Å². The summed E-state index contributed by atoms with van der Waals surface area (Å²) in [5, 5.41) is 3.96. The van der Waals surface area contributed by atoms with Crippen molar-refractivity contribution in [1.82, 2.24) is 15.0 Å². The molecule has 5 nitrogen and oxygen atoms in total. The molecule has 1 N–H and O–H groups in total. The lowest BCUT2D eigenvalue weighted by molar-refractivity contribution is 0.210. The Bertz CT molecular complexity index is 491. The fourth-order valence-electron chi connectivity index (χ4n) is 1.25. The Morgan fingerprint density at radius 2 is 2.25 bits per heavy atom. The van der Waals surface area contributed by atoms with Crippen LogP contribution in [-0.2, 0) is 4.74 Å². The lowest BCUT2D eigenvalue weighted by Crippen LogP contribution is -2.10. The SMILES string of the molecule is COCCNc1ncc2cc(Br)cnc2n1. The average Bonchev–Trinajstić information content (AvgIpc) is 2.29. The van der Waals surface area contributed by atoms with Crippen LogP contribution in [0.3, 0.4) is 0 Å². The third-order valence-electron chi connectivity index (χ3n) is 1.99. The third kappa shape index (κ3) is 2.65. The first-order valence-electron chi connectivity index (χ1n) is 4.80. The van der Waals surface area contributed by atoms with Crippen molar-refractivity contribution in [3.63, 3.8) is 0 Å². The number of anilines is 1. The topological polar surface area (TPSA) is 59.9 Å². The van der Waals surface area contributed by atoms with Crippen molar-refractivity contribution in [2.75, 3.05) is 25.6 Å². The number of methoxy groups -OCH3 is 1. The highest BCUT2D eigenvalue weighted by atomic mass is 79.9. The molecule has 0 saturated heterocycles. The van der Waals surface area contributed by atoms with E-state index in [0.29, 0.717) is 24.7 Å². The van der Waals surface area contributed by atoms with Crippen LogP contribution in [0.5, 0.6) is 0 Å². The molecule has 0 radical (unpaired) electrons. The van der Waals surface area contributed by atoms with Gasteiger partial charge in [0.2, 0.25) is 5.95 Å². The Kier molecular flexibility index (Phi) is 3.63. The van der Waals surface area contributed by atoms with Gasteiger partial charge in [0.05, 0.1) is 6.61 Å². The lowest BCUT2D eigenvalue weighted by atomic mass is 10.3. The van der Waals surface area contributed by atoms with Crippen LogP contribution >= 0.6 is 15.9 Å². The van der Waals surface area contributed by atoms with Gasteiger partial charge in [-0.2, -0.15) is 4.98 Å². The molecule has 0 unspecified atom stereocenters. The second kappa shape index (κ2) is 5.18. The number of nitrogens with zero attached hydrogens (tertiary/aromatic N) is 3. The molecule has 2 heterocycles. The zero-order valence-corrected chi connectivity index (χ0v) is 10.4. The van der Waals surface area contributed by atoms with E-state index in [1.165, 1.54) is 0 Å². The highest BCUT2D eigenvalue weighted by molar-refractivity contribution is 9.10. The summed E-state index contributed by atoms with van der Waals surface area (Å²) in [5.74, 6) is 0.569. The van der Waals surface area contributed by atoms with Gasteiger partial charge in [-0.25, -0.2) is 9.97 Å². The molecule has 6 heteroatoms. The Labute approximate surface area is 101 Å². The molecule has 0 bridgehead atoms. The molecule has 0 amide bonds. The standard InChI is InChI=1S/C10H11BrN4O/c1-16-3-2-12-10-14-5-7-4-8(11)6-13-9(7)15-10/h4-6H,2-3H2,1H3,(H,12,13,14,15). The number of fused-ring (bicyclic) bond motifs is 1. The highest BCUT2D eigenvalue weighted by Crippen LogP contribution is 2.15. The Morgan fingerprint density at radius 1 is 1.38 bits per heavy atom. The van der Waals surface area contributed by atoms with E-state index in [1.807, 2.05) is 6.07 Å². The van der Waals surface area contributed by atoms with Crippen LogP contribution in [0.4, 0.5) is 5.95 Å². The maximum Gasteiger partial charge on any atom is 0.224 e. The molecule has 2 aromatic heterocycles. The predicted molar refractivity (Wildman–Crippen MR) is 65.4 cm³/mol. The van der Waals surface area contributed by atoms with Crippen LogP contribution in [0, 0.1) is 0 Å². The Hall–Kier alpha value is -1.27. The molecule has 2 aromatic rings. The van der Waals surface area contributed by atoms with Gasteiger partial charge >= 0.3 is 0 Å². The van der Waals surface area contributed by atoms with Crippen molar-refractivity contribution in [3.05, 3.63) is 22.9 Å². The predicted octanol–water partition coefficient (Wildman–Crippen LogP) is 1.85. The number of hydrogen-bond acceptors (Lipinski definition) is 5. The molecule has 0 aromatic carbocycles. The van der Waals surface area contributed by atoms with Crippen molar-refractivity contribution in [2.45, 2.75) is 0 Å². The molecule has 0 aliphatic rings. The zero-order chi connectivity index (χ0) is 11.4. The first kappa shape index (κ1) is 11.2. The van der Waals surface area contributed by atoms with Crippen LogP contribution in [0.25, 0.3) is 11.0 Å². The maximum absolute atomic E-state index is 4.93. The van der Waals surface area contributed by atoms with Gasteiger partial charge in [0.25, 0.3) is 0 Å². The monoisotopic (exact) mass is 282 g/mol. The van der Waals surface area contributed by atoms with Crippen LogP contribution in [-0.4, -0.2) is 35.2 Å². The van der Waals surface area contributed by atoms with E-state index in [0.717, 1.165) is 9.86 Å². The van der Waals surface area contributed by atoms with E-state index in [2.05, 4.69) is 36.2 Å². The van der Waals surface area contributed by atoms with E-state index in [-0.39, 0.29) is 0 Å². The fraction of sp³-hybridized carbons (Fsp3) is 0.300. The highest BCUT2D eigenvalue weighted by Gasteiger charge is 2.00. The molecule has 16 heavy (non-hydrogen) atoms. The first-order valence-corrected chi connectivity index (χ1v) is 5.60. The van der Waals surface area contributed by atoms with Gasteiger partial charge in [0, 0.05) is 35.9 Å². The number of rotatable bonds is 4. The second-order valence-corrected chi connectivity index (χ2v) is 4.10. The number of aromatic nitrogens is 3. The molecular weight excluding hydrogens is 272 g/mol. The van der Waals surface area contributed by atoms with E-state index in [9.17, 15) is 0 Å². The van der Waals surface area contributed by atoms with Gasteiger partial charge in [0.15, 0.2) is 5.65 Å². The quantitative estimate of drug-likeness (QED) is 0.868. The van der Waals surface area contributed by atoms with Crippen molar-refractivity contribution in [3.8, 4) is 0 Å². The number of nitrogens with one attached hydrogen (secondary N) is 1. The fourth-order valence-corrected chi connectivity index (χ4v) is 1.60. The maximum atomic E-state index is 4.93. The van der Waals surface area contributed by atoms with Crippen molar-refractivity contribution in [1.29, 1.82) is 0 Å². The van der Waals surface area contributed by atoms with Gasteiger partial charge < -0.3 is 10.1 Å². The summed E-state index contributed by atoms with van der Waals surface area (Å²) < 4.78 is 5.85. The Morgan fingerprint density at radius 3 is 3.06 bits per heavy atom. The van der Waals surface area contributed by atoms with Gasteiger partial charge in [-0.05, 0) is 22.0 Å². The Balaban J connectivity index is 2.20. The number of hydrogen-bond donors (Lipinski definition) is 1. The molecule has 0 fully saturated rings. The van der Waals surface area contributed by atoms with Gasteiger partial charge in [-0.1, -0.05) is 0 Å². The summed E-state index contributed by atoms with van der Waals surface area (Å²) in [6, 6.07) is 1.93. The molecule has 0 aliphatic carbocycles. The summed E-state index contributed by atoms with van der Waals surface area (Å²) in [4.78, 5) is 12.7. The molecule has 0 atom stereocenters. The smallest absolute Gasteiger partial charge is 0.224 e. The average molecular weight is 283 g/mol. The van der Waals surface area contributed by atoms with Gasteiger partial charge in [-0.3, -0.25) is 0 Å². The number of ether oxygens (including phenoxy) is 1. The normalized spacial score (nSPS) is 10.6. The molecule has 84 valence electrons. The van der Waals surface area contributed by atoms with Crippen LogP contribution in [0.2, 0.25) is 0 Å². The van der Waals surface area contributed by atoms with Crippen LogP contribution < -0.4 is 5.32 Å². The minimum absolute atomic E-state index is 0.569. The summed E-state index contributed by atoms with van der Waals surface area (Å²) in [5.41, 5.74) is 0.679. The molecule has 2 rings (SSSR count). The van der Waals surface area contributed by atoms with E-state index in [4.69, 9.17) is 4.74 Å². The van der Waals surface area contributed by atoms with Crippen molar-refractivity contribution in [2.24, 2.45) is 0 Å². The minimum Gasteiger partial charge on any atom is -0.383 e. The van der Waals surface area contributed by atoms with E-state index >= 15 is 0 Å². The third-order valence-corrected chi connectivity index (χ3v) is 2.42. The molecular formula is C10H11BrN4O. The second-order valence-electron chi connectivity index (χ2n) is 3.18. The summed E-state index contributed by atoms with van der Waals surface area (Å²) in [7, 11) is 1.65. The van der Waals surface area contributed by atoms with E-state index in [1.54, 1.807) is 19.5 Å². The van der Waals surface area contributed by atoms with Crippen molar-refractivity contribution >= 4 is 32.9 Å². The summed E-state index contributed by atoms with van der Waals surface area (Å²) >= 11 is 3.35. The number of pyridine rings is 1. The summed E-state index contributed by atoms with van der Waals surface area (Å²) in [6.07, 6.45) is 3.46. The first-order chi connectivity index (χ1) is 7.79.